The van der Waals surface area contributed by atoms with Gasteiger partial charge >= 0.3 is 0 Å². The molecule has 2 aliphatic rings. The van der Waals surface area contributed by atoms with Gasteiger partial charge in [-0.1, -0.05) is 12.8 Å². The Morgan fingerprint density at radius 2 is 1.87 bits per heavy atom. The van der Waals surface area contributed by atoms with Crippen molar-refractivity contribution in [3.05, 3.63) is 18.5 Å². The van der Waals surface area contributed by atoms with E-state index in [-0.39, 0.29) is 5.91 Å². The highest BCUT2D eigenvalue weighted by molar-refractivity contribution is 5.86. The van der Waals surface area contributed by atoms with Crippen molar-refractivity contribution in [2.24, 2.45) is 5.73 Å². The molecule has 2 fully saturated rings. The number of nitrogens with zero attached hydrogens (tertiary/aromatic N) is 6. The van der Waals surface area contributed by atoms with Crippen LogP contribution in [0.15, 0.2) is 18.5 Å². The summed E-state index contributed by atoms with van der Waals surface area (Å²) < 4.78 is 1.67. The number of rotatable bonds is 2. The normalized spacial score (nSPS) is 21.1. The van der Waals surface area contributed by atoms with Crippen LogP contribution in [0.3, 0.4) is 0 Å². The number of aromatic nitrogens is 4. The predicted molar refractivity (Wildman–Crippen MR) is 85.0 cm³/mol. The van der Waals surface area contributed by atoms with E-state index in [1.807, 2.05) is 17.0 Å². The molecule has 1 amide bonds. The lowest BCUT2D eigenvalue weighted by molar-refractivity contribution is -0.137. The Balaban J connectivity index is 1.43. The molecule has 2 aromatic heterocycles. The topological polar surface area (TPSA) is 92.7 Å². The van der Waals surface area contributed by atoms with E-state index < -0.39 is 5.54 Å². The van der Waals surface area contributed by atoms with E-state index in [1.54, 1.807) is 10.8 Å². The second kappa shape index (κ2) is 5.45. The van der Waals surface area contributed by atoms with E-state index in [0.29, 0.717) is 13.1 Å². The van der Waals surface area contributed by atoms with Gasteiger partial charge in [0, 0.05) is 26.2 Å². The minimum atomic E-state index is -0.623. The van der Waals surface area contributed by atoms with Gasteiger partial charge in [0.25, 0.3) is 0 Å². The summed E-state index contributed by atoms with van der Waals surface area (Å²) in [5.74, 6) is 1.00. The second-order valence-electron chi connectivity index (χ2n) is 6.47. The van der Waals surface area contributed by atoms with Gasteiger partial charge in [0.1, 0.15) is 12.1 Å². The first-order valence-electron chi connectivity index (χ1n) is 8.16. The molecule has 0 radical (unpaired) electrons. The molecule has 0 bridgehead atoms. The number of piperazine rings is 1. The lowest BCUT2D eigenvalue weighted by Crippen LogP contribution is -2.58. The molecule has 8 heteroatoms. The zero-order valence-corrected chi connectivity index (χ0v) is 13.1. The third kappa shape index (κ3) is 2.52. The summed E-state index contributed by atoms with van der Waals surface area (Å²) in [7, 11) is 0. The van der Waals surface area contributed by atoms with Crippen LogP contribution in [0.1, 0.15) is 25.7 Å². The zero-order valence-electron chi connectivity index (χ0n) is 13.1. The van der Waals surface area contributed by atoms with E-state index in [2.05, 4.69) is 20.2 Å². The van der Waals surface area contributed by atoms with Crippen molar-refractivity contribution < 1.29 is 4.79 Å². The van der Waals surface area contributed by atoms with E-state index >= 15 is 0 Å². The second-order valence-corrected chi connectivity index (χ2v) is 6.47. The van der Waals surface area contributed by atoms with Gasteiger partial charge in [0.2, 0.25) is 5.91 Å². The monoisotopic (exact) mass is 315 g/mol. The van der Waals surface area contributed by atoms with Crippen LogP contribution >= 0.6 is 0 Å². The fraction of sp³-hybridized carbons (Fsp3) is 0.600. The molecule has 1 aliphatic heterocycles. The Hall–Kier alpha value is -2.22. The van der Waals surface area contributed by atoms with Crippen LogP contribution in [0.4, 0.5) is 5.82 Å². The molecular formula is C15H21N7O. The molecule has 3 heterocycles. The maximum Gasteiger partial charge on any atom is 0.242 e. The van der Waals surface area contributed by atoms with Gasteiger partial charge < -0.3 is 15.5 Å². The number of carbonyl (C=O) groups is 1. The first-order chi connectivity index (χ1) is 11.2. The van der Waals surface area contributed by atoms with E-state index in [9.17, 15) is 4.79 Å². The highest BCUT2D eigenvalue weighted by Gasteiger charge is 2.40. The number of hydrogen-bond acceptors (Lipinski definition) is 6. The molecule has 0 unspecified atom stereocenters. The van der Waals surface area contributed by atoms with Crippen molar-refractivity contribution in [1.82, 2.24) is 24.7 Å². The first-order valence-corrected chi connectivity index (χ1v) is 8.16. The third-order valence-electron chi connectivity index (χ3n) is 4.96. The predicted octanol–water partition coefficient (Wildman–Crippen LogP) is 0.0444. The standard InChI is InChI=1S/C15H21N7O/c16-15(5-1-2-6-15)14(23)21-9-7-20(8-10-21)13-4-3-12-18-17-11-22(12)19-13/h3-4,11H,1-2,5-10,16H2. The Kier molecular flexibility index (Phi) is 3.41. The highest BCUT2D eigenvalue weighted by atomic mass is 16.2. The van der Waals surface area contributed by atoms with Crippen LogP contribution < -0.4 is 10.6 Å². The van der Waals surface area contributed by atoms with E-state index in [4.69, 9.17) is 5.73 Å². The fourth-order valence-electron chi connectivity index (χ4n) is 3.56. The molecule has 0 aromatic carbocycles. The van der Waals surface area contributed by atoms with Crippen molar-refractivity contribution in [1.29, 1.82) is 0 Å². The first kappa shape index (κ1) is 14.4. The van der Waals surface area contributed by atoms with Gasteiger partial charge in [0.05, 0.1) is 5.54 Å². The lowest BCUT2D eigenvalue weighted by atomic mass is 9.97. The summed E-state index contributed by atoms with van der Waals surface area (Å²) in [6.07, 6.45) is 5.35. The molecule has 1 aliphatic carbocycles. The fourth-order valence-corrected chi connectivity index (χ4v) is 3.56. The summed E-state index contributed by atoms with van der Waals surface area (Å²) in [4.78, 5) is 16.7. The highest BCUT2D eigenvalue weighted by Crippen LogP contribution is 2.29. The Morgan fingerprint density at radius 3 is 2.61 bits per heavy atom. The number of carbonyl (C=O) groups excluding carboxylic acids is 1. The quantitative estimate of drug-likeness (QED) is 0.841. The largest absolute Gasteiger partial charge is 0.352 e. The van der Waals surface area contributed by atoms with E-state index in [1.165, 1.54) is 0 Å². The van der Waals surface area contributed by atoms with Crippen LogP contribution in [0.25, 0.3) is 5.65 Å². The average Bonchev–Trinajstić information content (AvgIpc) is 3.23. The summed E-state index contributed by atoms with van der Waals surface area (Å²) in [6.45, 7) is 2.92. The number of nitrogens with two attached hydrogens (primary N) is 1. The van der Waals surface area contributed by atoms with Crippen molar-refractivity contribution in [3.63, 3.8) is 0 Å². The Bertz CT molecular complexity index is 713. The molecule has 1 saturated carbocycles. The molecule has 1 saturated heterocycles. The van der Waals surface area contributed by atoms with Crippen LogP contribution in [-0.2, 0) is 4.79 Å². The molecule has 2 aromatic rings. The molecule has 122 valence electrons. The molecule has 8 nitrogen and oxygen atoms in total. The number of amides is 1. The zero-order chi connectivity index (χ0) is 15.9. The van der Waals surface area contributed by atoms with Crippen molar-refractivity contribution in [3.8, 4) is 0 Å². The minimum Gasteiger partial charge on any atom is -0.352 e. The van der Waals surface area contributed by atoms with Crippen molar-refractivity contribution >= 4 is 17.4 Å². The van der Waals surface area contributed by atoms with Gasteiger partial charge in [-0.3, -0.25) is 4.79 Å². The molecule has 2 N–H and O–H groups in total. The average molecular weight is 315 g/mol. The Labute approximate surface area is 134 Å². The molecule has 4 rings (SSSR count). The van der Waals surface area contributed by atoms with Gasteiger partial charge in [0.15, 0.2) is 5.65 Å². The Morgan fingerprint density at radius 1 is 1.13 bits per heavy atom. The maximum atomic E-state index is 12.7. The van der Waals surface area contributed by atoms with Gasteiger partial charge in [-0.05, 0) is 25.0 Å². The van der Waals surface area contributed by atoms with Crippen molar-refractivity contribution in [2.75, 3.05) is 31.1 Å². The molecule has 0 spiro atoms. The molecule has 23 heavy (non-hydrogen) atoms. The number of fused-ring (bicyclic) bond motifs is 1. The number of anilines is 1. The van der Waals surface area contributed by atoms with Crippen molar-refractivity contribution in [2.45, 2.75) is 31.2 Å². The van der Waals surface area contributed by atoms with E-state index in [0.717, 1.165) is 50.2 Å². The van der Waals surface area contributed by atoms with Gasteiger partial charge in [-0.25, -0.2) is 0 Å². The summed E-state index contributed by atoms with van der Waals surface area (Å²) in [6, 6.07) is 3.85. The smallest absolute Gasteiger partial charge is 0.242 e. The third-order valence-corrected chi connectivity index (χ3v) is 4.96. The van der Waals surface area contributed by atoms with Crippen LogP contribution in [-0.4, -0.2) is 62.3 Å². The lowest BCUT2D eigenvalue weighted by Gasteiger charge is -2.38. The van der Waals surface area contributed by atoms with Crippen LogP contribution in [0.2, 0.25) is 0 Å². The molecule has 0 atom stereocenters. The maximum absolute atomic E-state index is 12.7. The minimum absolute atomic E-state index is 0.122. The van der Waals surface area contributed by atoms with Crippen LogP contribution in [0, 0.1) is 0 Å². The SMILES string of the molecule is NC1(C(=O)N2CCN(c3ccc4nncn4n3)CC2)CCCC1. The van der Waals surface area contributed by atoms with Crippen LogP contribution in [0.5, 0.6) is 0 Å². The summed E-state index contributed by atoms with van der Waals surface area (Å²) in [5.41, 5.74) is 6.40. The van der Waals surface area contributed by atoms with Gasteiger partial charge in [-0.15, -0.1) is 15.3 Å². The van der Waals surface area contributed by atoms with Gasteiger partial charge in [-0.2, -0.15) is 4.52 Å². The summed E-state index contributed by atoms with van der Waals surface area (Å²) in [5, 5.41) is 12.3. The molecular weight excluding hydrogens is 294 g/mol. The number of hydrogen-bond donors (Lipinski definition) is 1. The summed E-state index contributed by atoms with van der Waals surface area (Å²) >= 11 is 0.